The maximum atomic E-state index is 6.62. The van der Waals surface area contributed by atoms with Crippen LogP contribution in [-0.2, 0) is 0 Å². The fourth-order valence-corrected chi connectivity index (χ4v) is 3.03. The molecule has 0 aliphatic rings. The van der Waals surface area contributed by atoms with Crippen LogP contribution in [0.3, 0.4) is 0 Å². The molecule has 20 heavy (non-hydrogen) atoms. The molecule has 114 valence electrons. The molecule has 0 heterocycles. The van der Waals surface area contributed by atoms with E-state index in [1.807, 2.05) is 0 Å². The Morgan fingerprint density at radius 1 is 1.00 bits per heavy atom. The summed E-state index contributed by atoms with van der Waals surface area (Å²) in [6.45, 7) is 15.5. The molecule has 1 rings (SSSR count). The first-order valence-electron chi connectivity index (χ1n) is 8.01. The van der Waals surface area contributed by atoms with Gasteiger partial charge in [-0.2, -0.15) is 0 Å². The van der Waals surface area contributed by atoms with Crippen molar-refractivity contribution in [2.24, 2.45) is 5.73 Å². The molecule has 1 aromatic rings. The summed E-state index contributed by atoms with van der Waals surface area (Å²) in [7, 11) is 0. The van der Waals surface area contributed by atoms with Gasteiger partial charge in [-0.3, -0.25) is 4.90 Å². The molecule has 0 saturated heterocycles. The van der Waals surface area contributed by atoms with Gasteiger partial charge in [-0.05, 0) is 43.5 Å². The van der Waals surface area contributed by atoms with Crippen molar-refractivity contribution in [1.29, 1.82) is 0 Å². The third-order valence-corrected chi connectivity index (χ3v) is 4.83. The molecule has 2 nitrogen and oxygen atoms in total. The van der Waals surface area contributed by atoms with E-state index in [-0.39, 0.29) is 11.6 Å². The van der Waals surface area contributed by atoms with Crippen LogP contribution in [0.25, 0.3) is 0 Å². The number of rotatable bonds is 7. The van der Waals surface area contributed by atoms with E-state index in [0.29, 0.717) is 5.92 Å². The van der Waals surface area contributed by atoms with E-state index in [0.717, 1.165) is 19.5 Å². The maximum absolute atomic E-state index is 6.62. The number of likely N-dealkylation sites (N-methyl/N-ethyl adjacent to an activating group) is 1. The highest BCUT2D eigenvalue weighted by molar-refractivity contribution is 5.28. The minimum Gasteiger partial charge on any atom is -0.322 e. The van der Waals surface area contributed by atoms with Crippen LogP contribution in [-0.4, -0.2) is 23.5 Å². The van der Waals surface area contributed by atoms with Gasteiger partial charge in [-0.15, -0.1) is 0 Å². The zero-order chi connectivity index (χ0) is 15.3. The minimum absolute atomic E-state index is 0.0167. The largest absolute Gasteiger partial charge is 0.322 e. The Morgan fingerprint density at radius 3 is 1.80 bits per heavy atom. The van der Waals surface area contributed by atoms with Crippen LogP contribution >= 0.6 is 0 Å². The van der Waals surface area contributed by atoms with Crippen LogP contribution < -0.4 is 5.73 Å². The first-order chi connectivity index (χ1) is 9.40. The molecule has 2 heteroatoms. The van der Waals surface area contributed by atoms with E-state index in [1.165, 1.54) is 11.1 Å². The molecule has 0 aliphatic heterocycles. The van der Waals surface area contributed by atoms with Crippen LogP contribution in [0.15, 0.2) is 24.3 Å². The first kappa shape index (κ1) is 17.2. The van der Waals surface area contributed by atoms with Gasteiger partial charge in [0.1, 0.15) is 0 Å². The van der Waals surface area contributed by atoms with Gasteiger partial charge in [-0.1, -0.05) is 58.9 Å². The summed E-state index contributed by atoms with van der Waals surface area (Å²) in [5.74, 6) is 0.570. The Labute approximate surface area is 125 Å². The smallest absolute Gasteiger partial charge is 0.0479 e. The predicted octanol–water partition coefficient (Wildman–Crippen LogP) is 4.32. The molecule has 0 aromatic heterocycles. The van der Waals surface area contributed by atoms with Crippen molar-refractivity contribution in [3.8, 4) is 0 Å². The van der Waals surface area contributed by atoms with E-state index in [2.05, 4.69) is 70.7 Å². The molecule has 0 fully saturated rings. The summed E-state index contributed by atoms with van der Waals surface area (Å²) in [6.07, 6.45) is 1.06. The zero-order valence-corrected chi connectivity index (χ0v) is 14.1. The fourth-order valence-electron chi connectivity index (χ4n) is 3.03. The molecule has 0 saturated carbocycles. The van der Waals surface area contributed by atoms with Gasteiger partial charge in [0.15, 0.2) is 0 Å². The predicted molar refractivity (Wildman–Crippen MR) is 89.1 cm³/mol. The van der Waals surface area contributed by atoms with Crippen LogP contribution in [0.2, 0.25) is 0 Å². The van der Waals surface area contributed by atoms with E-state index in [4.69, 9.17) is 5.73 Å². The maximum Gasteiger partial charge on any atom is 0.0479 e. The molecule has 0 spiro atoms. The lowest BCUT2D eigenvalue weighted by atomic mass is 9.83. The lowest BCUT2D eigenvalue weighted by Gasteiger charge is -2.44. The normalized spacial score (nSPS) is 16.4. The van der Waals surface area contributed by atoms with Gasteiger partial charge in [0, 0.05) is 11.6 Å². The van der Waals surface area contributed by atoms with Crippen LogP contribution in [0, 0.1) is 0 Å². The summed E-state index contributed by atoms with van der Waals surface area (Å²) < 4.78 is 0. The molecule has 0 aliphatic carbocycles. The molecule has 2 N–H and O–H groups in total. The molecular weight excluding hydrogens is 244 g/mol. The second-order valence-corrected chi connectivity index (χ2v) is 6.18. The van der Waals surface area contributed by atoms with E-state index in [1.54, 1.807) is 0 Å². The van der Waals surface area contributed by atoms with E-state index in [9.17, 15) is 0 Å². The van der Waals surface area contributed by atoms with Crippen molar-refractivity contribution in [3.63, 3.8) is 0 Å². The second kappa shape index (κ2) is 7.24. The SMILES string of the molecule is CCN(CC)C(C)(CC)C(N)c1ccc(C(C)C)cc1. The van der Waals surface area contributed by atoms with Crippen molar-refractivity contribution in [2.45, 2.75) is 65.5 Å². The summed E-state index contributed by atoms with van der Waals surface area (Å²) in [5.41, 5.74) is 9.26. The van der Waals surface area contributed by atoms with Gasteiger partial charge >= 0.3 is 0 Å². The average molecular weight is 276 g/mol. The topological polar surface area (TPSA) is 29.3 Å². The van der Waals surface area contributed by atoms with Gasteiger partial charge in [0.25, 0.3) is 0 Å². The Morgan fingerprint density at radius 2 is 1.45 bits per heavy atom. The summed E-state index contributed by atoms with van der Waals surface area (Å²) >= 11 is 0. The minimum atomic E-state index is 0.0167. The molecule has 0 amide bonds. The third-order valence-electron chi connectivity index (χ3n) is 4.83. The van der Waals surface area contributed by atoms with Crippen molar-refractivity contribution in [3.05, 3.63) is 35.4 Å². The van der Waals surface area contributed by atoms with E-state index < -0.39 is 0 Å². The zero-order valence-electron chi connectivity index (χ0n) is 14.1. The van der Waals surface area contributed by atoms with Gasteiger partial charge in [-0.25, -0.2) is 0 Å². The Kier molecular flexibility index (Phi) is 6.22. The fraction of sp³-hybridized carbons (Fsp3) is 0.667. The monoisotopic (exact) mass is 276 g/mol. The Balaban J connectivity index is 3.04. The van der Waals surface area contributed by atoms with Gasteiger partial charge in [0.2, 0.25) is 0 Å². The number of hydrogen-bond donors (Lipinski definition) is 1. The number of nitrogens with two attached hydrogens (primary N) is 1. The third kappa shape index (κ3) is 3.42. The molecule has 2 atom stereocenters. The summed E-state index contributed by atoms with van der Waals surface area (Å²) in [4.78, 5) is 2.48. The highest BCUT2D eigenvalue weighted by Gasteiger charge is 2.35. The standard InChI is InChI=1S/C18H32N2/c1-7-18(6,20(8-2)9-3)17(19)16-12-10-15(11-13-16)14(4)5/h10-14,17H,7-9,19H2,1-6H3. The molecular formula is C18H32N2. The molecule has 2 unspecified atom stereocenters. The number of hydrogen-bond acceptors (Lipinski definition) is 2. The second-order valence-electron chi connectivity index (χ2n) is 6.18. The van der Waals surface area contributed by atoms with Gasteiger partial charge in [0.05, 0.1) is 0 Å². The highest BCUT2D eigenvalue weighted by Crippen LogP contribution is 2.32. The quantitative estimate of drug-likeness (QED) is 0.803. The number of benzene rings is 1. The lowest BCUT2D eigenvalue weighted by molar-refractivity contribution is 0.0844. The van der Waals surface area contributed by atoms with Crippen LogP contribution in [0.4, 0.5) is 0 Å². The van der Waals surface area contributed by atoms with Crippen molar-refractivity contribution in [1.82, 2.24) is 4.90 Å². The van der Waals surface area contributed by atoms with Crippen LogP contribution in [0.5, 0.6) is 0 Å². The Bertz CT molecular complexity index is 392. The van der Waals surface area contributed by atoms with Crippen molar-refractivity contribution < 1.29 is 0 Å². The first-order valence-corrected chi connectivity index (χ1v) is 8.01. The Hall–Kier alpha value is -0.860. The van der Waals surface area contributed by atoms with Gasteiger partial charge < -0.3 is 5.73 Å². The molecule has 1 aromatic carbocycles. The molecule has 0 bridgehead atoms. The summed E-state index contributed by atoms with van der Waals surface area (Å²) in [5, 5.41) is 0. The highest BCUT2D eigenvalue weighted by atomic mass is 15.2. The van der Waals surface area contributed by atoms with Crippen molar-refractivity contribution >= 4 is 0 Å². The lowest BCUT2D eigenvalue weighted by Crippen LogP contribution is -2.52. The number of nitrogens with zero attached hydrogens (tertiary/aromatic N) is 1. The summed E-state index contributed by atoms with van der Waals surface area (Å²) in [6, 6.07) is 8.90. The van der Waals surface area contributed by atoms with Crippen LogP contribution in [0.1, 0.15) is 71.0 Å². The van der Waals surface area contributed by atoms with Crippen molar-refractivity contribution in [2.75, 3.05) is 13.1 Å². The van der Waals surface area contributed by atoms with E-state index >= 15 is 0 Å². The molecule has 0 radical (unpaired) electrons. The average Bonchev–Trinajstić information content (AvgIpc) is 2.47.